The molecular formula is C32H42ClF3N4O5. The number of nitrogens with one attached hydrogen (secondary N) is 2. The van der Waals surface area contributed by atoms with Gasteiger partial charge in [0.05, 0.1) is 14.2 Å². The molecule has 45 heavy (non-hydrogen) atoms. The molecule has 3 N–H and O–H groups in total. The Balaban J connectivity index is 0.000000591. The van der Waals surface area contributed by atoms with Crippen molar-refractivity contribution in [3.05, 3.63) is 52.5 Å². The van der Waals surface area contributed by atoms with Crippen molar-refractivity contribution in [3.8, 4) is 11.5 Å². The molecule has 248 valence electrons. The van der Waals surface area contributed by atoms with E-state index in [9.17, 15) is 18.0 Å². The second-order valence-electron chi connectivity index (χ2n) is 12.1. The Morgan fingerprint density at radius 1 is 1.00 bits per heavy atom. The van der Waals surface area contributed by atoms with Crippen LogP contribution < -0.4 is 20.1 Å². The third-order valence-corrected chi connectivity index (χ3v) is 9.68. The molecule has 2 amide bonds. The van der Waals surface area contributed by atoms with E-state index in [0.717, 1.165) is 68.1 Å². The first kappa shape index (κ1) is 34.6. The number of anilines is 1. The van der Waals surface area contributed by atoms with Crippen LogP contribution >= 0.6 is 11.6 Å². The predicted octanol–water partition coefficient (Wildman–Crippen LogP) is 6.08. The van der Waals surface area contributed by atoms with Gasteiger partial charge in [-0.05, 0) is 108 Å². The van der Waals surface area contributed by atoms with E-state index in [1.165, 1.54) is 18.4 Å². The number of rotatable bonds is 6. The Morgan fingerprint density at radius 2 is 1.67 bits per heavy atom. The van der Waals surface area contributed by atoms with Crippen molar-refractivity contribution in [2.75, 3.05) is 46.2 Å². The molecule has 2 aromatic carbocycles. The highest BCUT2D eigenvalue weighted by Gasteiger charge is 2.53. The molecule has 0 unspecified atom stereocenters. The number of aliphatic carboxylic acids is 1. The molecule has 9 nitrogen and oxygen atoms in total. The largest absolute Gasteiger partial charge is 0.493 e. The number of benzene rings is 2. The van der Waals surface area contributed by atoms with Gasteiger partial charge in [0.1, 0.15) is 0 Å². The number of fused-ring (bicyclic) bond motifs is 1. The van der Waals surface area contributed by atoms with Crippen LogP contribution in [0.15, 0.2) is 36.4 Å². The van der Waals surface area contributed by atoms with E-state index < -0.39 is 12.1 Å². The van der Waals surface area contributed by atoms with Gasteiger partial charge < -0.3 is 30.1 Å². The summed E-state index contributed by atoms with van der Waals surface area (Å²) in [7, 11) is 5.61. The van der Waals surface area contributed by atoms with Crippen LogP contribution in [0.4, 0.5) is 23.7 Å². The lowest BCUT2D eigenvalue weighted by molar-refractivity contribution is -0.192. The predicted molar refractivity (Wildman–Crippen MR) is 167 cm³/mol. The summed E-state index contributed by atoms with van der Waals surface area (Å²) in [6.07, 6.45) is 1.33. The minimum Gasteiger partial charge on any atom is -0.493 e. The molecular weight excluding hydrogens is 613 g/mol. The minimum absolute atomic E-state index is 0.0428. The molecule has 2 heterocycles. The van der Waals surface area contributed by atoms with Crippen molar-refractivity contribution < 1.29 is 37.3 Å². The Labute approximate surface area is 267 Å². The van der Waals surface area contributed by atoms with Gasteiger partial charge >= 0.3 is 18.2 Å². The normalized spacial score (nSPS) is 24.2. The molecule has 0 radical (unpaired) electrons. The van der Waals surface area contributed by atoms with Crippen molar-refractivity contribution in [2.24, 2.45) is 0 Å². The van der Waals surface area contributed by atoms with Crippen LogP contribution in [0, 0.1) is 6.92 Å². The molecule has 0 bridgehead atoms. The molecule has 13 heteroatoms. The molecule has 3 atom stereocenters. The first-order chi connectivity index (χ1) is 21.3. The molecule has 1 saturated carbocycles. The number of hydrogen-bond acceptors (Lipinski definition) is 6. The van der Waals surface area contributed by atoms with Crippen molar-refractivity contribution in [3.63, 3.8) is 0 Å². The Kier molecular flexibility index (Phi) is 11.1. The first-order valence-electron chi connectivity index (χ1n) is 15.1. The second-order valence-corrected chi connectivity index (χ2v) is 12.5. The fourth-order valence-electron chi connectivity index (χ4n) is 7.03. The number of piperidine rings is 1. The van der Waals surface area contributed by atoms with Gasteiger partial charge in [-0.25, -0.2) is 9.59 Å². The highest BCUT2D eigenvalue weighted by Crippen LogP contribution is 2.51. The number of methoxy groups -OCH3 is 2. The van der Waals surface area contributed by atoms with E-state index in [4.69, 9.17) is 31.0 Å². The summed E-state index contributed by atoms with van der Waals surface area (Å²) in [6.45, 7) is 5.34. The Bertz CT molecular complexity index is 1350. The number of nitrogens with zero attached hydrogens (tertiary/aromatic N) is 2. The number of amides is 2. The standard InChI is InChI=1S/C30H41ClN4O3.C2HF3O2/c1-20-5-7-22(31)18-25(20)33-29(36)32-23-9-12-30(21-6-8-26(37-3)27(17-21)38-4)13-16-35(28(30)19-23)24-10-14-34(2)15-11-24;3-2(4,5)1(6)7/h5-8,17-18,23-24,28H,9-16,19H2,1-4H3,(H2,32,33,36);(H,6,7)/t23-,28+,30+;/m1./s1. The van der Waals surface area contributed by atoms with Crippen molar-refractivity contribution in [2.45, 2.75) is 75.2 Å². The van der Waals surface area contributed by atoms with Crippen LogP contribution in [0.5, 0.6) is 11.5 Å². The smallest absolute Gasteiger partial charge is 0.490 e. The Hall–Kier alpha value is -3.22. The lowest BCUT2D eigenvalue weighted by Crippen LogP contribution is -2.56. The van der Waals surface area contributed by atoms with Gasteiger partial charge in [-0.3, -0.25) is 4.90 Å². The number of halogens is 4. The maximum absolute atomic E-state index is 13.0. The fraction of sp³-hybridized carbons (Fsp3) is 0.562. The number of carboxylic acid groups (broad SMARTS) is 1. The lowest BCUT2D eigenvalue weighted by atomic mass is 9.65. The summed E-state index contributed by atoms with van der Waals surface area (Å²) < 4.78 is 43.0. The third-order valence-electron chi connectivity index (χ3n) is 9.44. The first-order valence-corrected chi connectivity index (χ1v) is 15.5. The van der Waals surface area contributed by atoms with E-state index in [-0.39, 0.29) is 17.5 Å². The topological polar surface area (TPSA) is 103 Å². The molecule has 5 rings (SSSR count). The number of aryl methyl sites for hydroxylation is 1. The number of carboxylic acids is 1. The van der Waals surface area contributed by atoms with Gasteiger partial charge in [-0.2, -0.15) is 13.2 Å². The van der Waals surface area contributed by atoms with Gasteiger partial charge in [0.25, 0.3) is 0 Å². The zero-order chi connectivity index (χ0) is 32.9. The number of urea groups is 1. The maximum atomic E-state index is 13.0. The summed E-state index contributed by atoms with van der Waals surface area (Å²) in [5.74, 6) is -1.21. The van der Waals surface area contributed by atoms with Crippen LogP contribution in [0.25, 0.3) is 0 Å². The van der Waals surface area contributed by atoms with Gasteiger partial charge in [-0.15, -0.1) is 0 Å². The molecule has 2 aliphatic heterocycles. The van der Waals surface area contributed by atoms with Gasteiger partial charge in [-0.1, -0.05) is 23.7 Å². The number of hydrogen-bond donors (Lipinski definition) is 3. The average Bonchev–Trinajstić information content (AvgIpc) is 3.38. The van der Waals surface area contributed by atoms with E-state index >= 15 is 0 Å². The molecule has 2 saturated heterocycles. The van der Waals surface area contributed by atoms with E-state index in [1.54, 1.807) is 20.3 Å². The van der Waals surface area contributed by atoms with Crippen LogP contribution in [0.2, 0.25) is 5.02 Å². The summed E-state index contributed by atoms with van der Waals surface area (Å²) in [5.41, 5.74) is 3.11. The van der Waals surface area contributed by atoms with Crippen LogP contribution in [0.3, 0.4) is 0 Å². The minimum atomic E-state index is -5.08. The monoisotopic (exact) mass is 654 g/mol. The third kappa shape index (κ3) is 8.14. The molecule has 3 aliphatic rings. The fourth-order valence-corrected chi connectivity index (χ4v) is 7.21. The van der Waals surface area contributed by atoms with E-state index in [1.807, 2.05) is 25.1 Å². The number of carbonyl (C=O) groups is 2. The zero-order valence-corrected chi connectivity index (χ0v) is 26.8. The van der Waals surface area contributed by atoms with Gasteiger partial charge in [0.2, 0.25) is 0 Å². The number of carbonyl (C=O) groups excluding carboxylic acids is 1. The van der Waals surface area contributed by atoms with Crippen LogP contribution in [-0.2, 0) is 10.2 Å². The summed E-state index contributed by atoms with van der Waals surface area (Å²) in [5, 5.41) is 14.1. The number of alkyl halides is 3. The maximum Gasteiger partial charge on any atom is 0.490 e. The van der Waals surface area contributed by atoms with Crippen LogP contribution in [0.1, 0.15) is 49.7 Å². The number of likely N-dealkylation sites (tertiary alicyclic amines) is 2. The molecule has 0 spiro atoms. The van der Waals surface area contributed by atoms with E-state index in [0.29, 0.717) is 17.1 Å². The second kappa shape index (κ2) is 14.5. The Morgan fingerprint density at radius 3 is 2.29 bits per heavy atom. The van der Waals surface area contributed by atoms with Gasteiger partial charge in [0, 0.05) is 34.3 Å². The van der Waals surface area contributed by atoms with Gasteiger partial charge in [0.15, 0.2) is 11.5 Å². The molecule has 3 fully saturated rings. The number of ether oxygens (including phenoxy) is 2. The molecule has 2 aromatic rings. The molecule has 1 aliphatic carbocycles. The lowest BCUT2D eigenvalue weighted by Gasteiger charge is -2.48. The van der Waals surface area contributed by atoms with Crippen molar-refractivity contribution >= 4 is 29.3 Å². The highest BCUT2D eigenvalue weighted by atomic mass is 35.5. The molecule has 0 aromatic heterocycles. The quantitative estimate of drug-likeness (QED) is 0.347. The highest BCUT2D eigenvalue weighted by molar-refractivity contribution is 6.31. The zero-order valence-electron chi connectivity index (χ0n) is 26.0. The summed E-state index contributed by atoms with van der Waals surface area (Å²) in [4.78, 5) is 27.1. The average molecular weight is 655 g/mol. The van der Waals surface area contributed by atoms with Crippen LogP contribution in [-0.4, -0.2) is 92.1 Å². The van der Waals surface area contributed by atoms with Crippen molar-refractivity contribution in [1.82, 2.24) is 15.1 Å². The summed E-state index contributed by atoms with van der Waals surface area (Å²) >= 11 is 6.17. The summed E-state index contributed by atoms with van der Waals surface area (Å²) in [6, 6.07) is 12.9. The SMILES string of the molecule is COc1ccc([C@@]23CC[C@@H](NC(=O)Nc4cc(Cl)ccc4C)C[C@@H]2N(C2CCN(C)CC2)CC3)cc1OC.O=C(O)C(F)(F)F. The van der Waals surface area contributed by atoms with Crippen molar-refractivity contribution in [1.29, 1.82) is 0 Å². The van der Waals surface area contributed by atoms with E-state index in [2.05, 4.69) is 39.6 Å².